The zero-order valence-electron chi connectivity index (χ0n) is 12.0. The van der Waals surface area contributed by atoms with Crippen LogP contribution < -0.4 is 5.32 Å². The van der Waals surface area contributed by atoms with Crippen molar-refractivity contribution in [1.29, 1.82) is 0 Å². The van der Waals surface area contributed by atoms with Crippen molar-refractivity contribution >= 4 is 22.9 Å². The molecule has 0 fully saturated rings. The van der Waals surface area contributed by atoms with Gasteiger partial charge in [0.15, 0.2) is 0 Å². The molecule has 2 rings (SSSR count). The molecule has 0 aliphatic carbocycles. The van der Waals surface area contributed by atoms with E-state index in [2.05, 4.69) is 22.3 Å². The van der Waals surface area contributed by atoms with Gasteiger partial charge in [0, 0.05) is 18.7 Å². The fourth-order valence-electron chi connectivity index (χ4n) is 1.61. The van der Waals surface area contributed by atoms with Crippen LogP contribution in [0, 0.1) is 11.8 Å². The van der Waals surface area contributed by atoms with Gasteiger partial charge in [0.05, 0.1) is 28.2 Å². The zero-order chi connectivity index (χ0) is 15.2. The molecule has 1 amide bonds. The van der Waals surface area contributed by atoms with Gasteiger partial charge in [-0.15, -0.1) is 11.3 Å². The average Bonchev–Trinajstić information content (AvgIpc) is 3.08. The standard InChI is InChI=1S/C15H17N3O2S/c1-11(2)18-10-12(9-16-18)17-15(20)14-7-6-13(21-14)5-3-4-8-19/h6-7,9-11,19H,4,8H2,1-2H3,(H,17,20). The summed E-state index contributed by atoms with van der Waals surface area (Å²) < 4.78 is 1.79. The molecule has 0 aromatic carbocycles. The maximum Gasteiger partial charge on any atom is 0.265 e. The summed E-state index contributed by atoms with van der Waals surface area (Å²) in [6.07, 6.45) is 3.87. The van der Waals surface area contributed by atoms with E-state index in [1.54, 1.807) is 23.1 Å². The number of aliphatic hydroxyl groups is 1. The Morgan fingerprint density at radius 1 is 1.52 bits per heavy atom. The fraction of sp³-hybridized carbons (Fsp3) is 0.333. The van der Waals surface area contributed by atoms with Crippen LogP contribution in [-0.2, 0) is 0 Å². The molecule has 2 aromatic heterocycles. The molecule has 110 valence electrons. The van der Waals surface area contributed by atoms with Crippen LogP contribution in [0.5, 0.6) is 0 Å². The zero-order valence-corrected chi connectivity index (χ0v) is 12.8. The predicted molar refractivity (Wildman–Crippen MR) is 83.5 cm³/mol. The summed E-state index contributed by atoms with van der Waals surface area (Å²) in [6.45, 7) is 4.09. The van der Waals surface area contributed by atoms with Gasteiger partial charge >= 0.3 is 0 Å². The number of anilines is 1. The molecule has 2 N–H and O–H groups in total. The molecule has 6 heteroatoms. The molecule has 0 radical (unpaired) electrons. The number of hydrogen-bond donors (Lipinski definition) is 2. The number of aromatic nitrogens is 2. The van der Waals surface area contributed by atoms with Crippen LogP contribution in [0.3, 0.4) is 0 Å². The summed E-state index contributed by atoms with van der Waals surface area (Å²) in [5, 5.41) is 15.7. The van der Waals surface area contributed by atoms with Gasteiger partial charge in [-0.1, -0.05) is 11.8 Å². The van der Waals surface area contributed by atoms with Gasteiger partial charge < -0.3 is 10.4 Å². The lowest BCUT2D eigenvalue weighted by molar-refractivity contribution is 0.103. The van der Waals surface area contributed by atoms with Crippen LogP contribution >= 0.6 is 11.3 Å². The van der Waals surface area contributed by atoms with Gasteiger partial charge in [0.1, 0.15) is 0 Å². The molecule has 0 saturated heterocycles. The number of rotatable bonds is 4. The first-order valence-corrected chi connectivity index (χ1v) is 7.47. The number of nitrogens with zero attached hydrogens (tertiary/aromatic N) is 2. The Labute approximate surface area is 127 Å². The van der Waals surface area contributed by atoms with Gasteiger partial charge in [0.25, 0.3) is 5.91 Å². The smallest absolute Gasteiger partial charge is 0.265 e. The molecule has 5 nitrogen and oxygen atoms in total. The topological polar surface area (TPSA) is 67.2 Å². The highest BCUT2D eigenvalue weighted by atomic mass is 32.1. The Hall–Kier alpha value is -2.10. The second kappa shape index (κ2) is 7.07. The van der Waals surface area contributed by atoms with Crippen LogP contribution in [0.25, 0.3) is 0 Å². The van der Waals surface area contributed by atoms with E-state index in [0.717, 1.165) is 4.88 Å². The van der Waals surface area contributed by atoms with Crippen LogP contribution in [0.1, 0.15) is 40.9 Å². The number of thiophene rings is 1. The maximum absolute atomic E-state index is 12.1. The Morgan fingerprint density at radius 2 is 2.33 bits per heavy atom. The predicted octanol–water partition coefficient (Wildman–Crippen LogP) is 2.51. The molecule has 0 unspecified atom stereocenters. The molecule has 2 aromatic rings. The highest BCUT2D eigenvalue weighted by Crippen LogP contribution is 2.18. The Morgan fingerprint density at radius 3 is 3.00 bits per heavy atom. The van der Waals surface area contributed by atoms with Crippen molar-refractivity contribution in [2.24, 2.45) is 0 Å². The minimum atomic E-state index is -0.168. The van der Waals surface area contributed by atoms with Gasteiger partial charge in [-0.2, -0.15) is 5.10 Å². The number of hydrogen-bond acceptors (Lipinski definition) is 4. The Kier molecular flexibility index (Phi) is 5.14. The summed E-state index contributed by atoms with van der Waals surface area (Å²) >= 11 is 1.33. The van der Waals surface area contributed by atoms with Crippen molar-refractivity contribution in [3.63, 3.8) is 0 Å². The second-order valence-electron chi connectivity index (χ2n) is 4.70. The van der Waals surface area contributed by atoms with Gasteiger partial charge in [-0.25, -0.2) is 0 Å². The van der Waals surface area contributed by atoms with E-state index in [-0.39, 0.29) is 18.6 Å². The first kappa shape index (κ1) is 15.3. The normalized spacial score (nSPS) is 10.3. The van der Waals surface area contributed by atoms with Crippen molar-refractivity contribution < 1.29 is 9.90 Å². The van der Waals surface area contributed by atoms with Gasteiger partial charge in [0.2, 0.25) is 0 Å². The van der Waals surface area contributed by atoms with Gasteiger partial charge in [-0.3, -0.25) is 9.48 Å². The number of aliphatic hydroxyl groups excluding tert-OH is 1. The van der Waals surface area contributed by atoms with Crippen molar-refractivity contribution in [3.05, 3.63) is 34.3 Å². The van der Waals surface area contributed by atoms with Crippen molar-refractivity contribution in [2.45, 2.75) is 26.3 Å². The summed E-state index contributed by atoms with van der Waals surface area (Å²) in [5.74, 6) is 5.58. The molecule has 0 aliphatic heterocycles. The van der Waals surface area contributed by atoms with Crippen LogP contribution in [0.15, 0.2) is 24.5 Å². The third-order valence-corrected chi connectivity index (χ3v) is 3.67. The van der Waals surface area contributed by atoms with Crippen LogP contribution in [0.2, 0.25) is 0 Å². The molecule has 21 heavy (non-hydrogen) atoms. The molecular formula is C15H17N3O2S. The molecular weight excluding hydrogens is 286 g/mol. The third kappa shape index (κ3) is 4.18. The van der Waals surface area contributed by atoms with Crippen LogP contribution in [-0.4, -0.2) is 27.4 Å². The lowest BCUT2D eigenvalue weighted by Crippen LogP contribution is -2.09. The summed E-state index contributed by atoms with van der Waals surface area (Å²) in [7, 11) is 0. The van der Waals surface area contributed by atoms with Crippen molar-refractivity contribution in [3.8, 4) is 11.8 Å². The van der Waals surface area contributed by atoms with E-state index in [1.807, 2.05) is 19.9 Å². The van der Waals surface area contributed by atoms with Crippen LogP contribution in [0.4, 0.5) is 5.69 Å². The third-order valence-electron chi connectivity index (χ3n) is 2.67. The van der Waals surface area contributed by atoms with Crippen molar-refractivity contribution in [1.82, 2.24) is 9.78 Å². The van der Waals surface area contributed by atoms with Crippen molar-refractivity contribution in [2.75, 3.05) is 11.9 Å². The summed E-state index contributed by atoms with van der Waals surface area (Å²) in [6, 6.07) is 3.81. The lowest BCUT2D eigenvalue weighted by atomic mass is 10.3. The highest BCUT2D eigenvalue weighted by molar-refractivity contribution is 7.14. The minimum absolute atomic E-state index is 0.0472. The lowest BCUT2D eigenvalue weighted by Gasteiger charge is -2.03. The highest BCUT2D eigenvalue weighted by Gasteiger charge is 2.10. The number of nitrogens with one attached hydrogen (secondary N) is 1. The Bertz CT molecular complexity index is 676. The second-order valence-corrected chi connectivity index (χ2v) is 5.78. The summed E-state index contributed by atoms with van der Waals surface area (Å²) in [5.41, 5.74) is 0.676. The van der Waals surface area contributed by atoms with E-state index >= 15 is 0 Å². The first-order valence-electron chi connectivity index (χ1n) is 6.65. The number of carbonyl (C=O) groups excluding carboxylic acids is 1. The number of carbonyl (C=O) groups is 1. The van der Waals surface area contributed by atoms with E-state index in [1.165, 1.54) is 11.3 Å². The largest absolute Gasteiger partial charge is 0.395 e. The molecule has 2 heterocycles. The molecule has 0 spiro atoms. The SMILES string of the molecule is CC(C)n1cc(NC(=O)c2ccc(C#CCCO)s2)cn1. The molecule has 0 atom stereocenters. The molecule has 0 saturated carbocycles. The quantitative estimate of drug-likeness (QED) is 0.853. The minimum Gasteiger partial charge on any atom is -0.395 e. The summed E-state index contributed by atoms with van der Waals surface area (Å²) in [4.78, 5) is 13.5. The van der Waals surface area contributed by atoms with E-state index in [0.29, 0.717) is 17.0 Å². The maximum atomic E-state index is 12.1. The van der Waals surface area contributed by atoms with E-state index in [9.17, 15) is 4.79 Å². The Balaban J connectivity index is 2.01. The van der Waals surface area contributed by atoms with E-state index < -0.39 is 0 Å². The van der Waals surface area contributed by atoms with E-state index in [4.69, 9.17) is 5.11 Å². The average molecular weight is 303 g/mol. The monoisotopic (exact) mass is 303 g/mol. The fourth-order valence-corrected chi connectivity index (χ4v) is 2.39. The van der Waals surface area contributed by atoms with Gasteiger partial charge in [-0.05, 0) is 26.0 Å². The first-order chi connectivity index (χ1) is 10.1. The number of amides is 1. The molecule has 0 bridgehead atoms. The molecule has 0 aliphatic rings.